The van der Waals surface area contributed by atoms with Crippen LogP contribution >= 0.6 is 0 Å². The van der Waals surface area contributed by atoms with Gasteiger partial charge in [0.05, 0.1) is 15.5 Å². The molecule has 3 rings (SSSR count). The molecule has 0 N–H and O–H groups in total. The molecule has 0 aliphatic carbocycles. The fourth-order valence-electron chi connectivity index (χ4n) is 2.63. The lowest BCUT2D eigenvalue weighted by atomic mass is 10.2. The van der Waals surface area contributed by atoms with Crippen LogP contribution in [0.25, 0.3) is 0 Å². The highest BCUT2D eigenvalue weighted by Crippen LogP contribution is 2.27. The lowest BCUT2D eigenvalue weighted by Gasteiger charge is -2.24. The van der Waals surface area contributed by atoms with Crippen molar-refractivity contribution in [2.75, 3.05) is 11.4 Å². The number of hydrogen-bond acceptors (Lipinski definition) is 3. The van der Waals surface area contributed by atoms with Gasteiger partial charge in [-0.1, -0.05) is 57.4 Å². The van der Waals surface area contributed by atoms with E-state index >= 15 is 0 Å². The Hall–Kier alpha value is -2.64. The minimum Gasteiger partial charge on any atom is -0.284 e. The largest absolute Gasteiger partial charge is 0.291 e. The first-order chi connectivity index (χ1) is 13.2. The normalized spacial score (nSPS) is 13.5. The van der Waals surface area contributed by atoms with E-state index in [1.165, 1.54) is 16.4 Å². The standard InChI is InChI=1S/C21H22N2O3S2/c1-17-9-13-20(14-10-17)27(24,23(3)19-7-5-4-6-8-19)22-28(25,26)21-15-11-18(2)12-16-21/h4-16H,1-3H3/t27-/m0/s1. The quantitative estimate of drug-likeness (QED) is 0.614. The smallest absolute Gasteiger partial charge is 0.284 e. The first kappa shape index (κ1) is 20.1. The number of hydrogen-bond donors (Lipinski definition) is 0. The number of nitrogens with zero attached hydrogens (tertiary/aromatic N) is 2. The molecule has 3 aromatic rings. The summed E-state index contributed by atoms with van der Waals surface area (Å²) < 4.78 is 45.3. The third kappa shape index (κ3) is 4.10. The number of anilines is 1. The molecule has 1 atom stereocenters. The van der Waals surface area contributed by atoms with E-state index in [0.29, 0.717) is 10.6 Å². The molecule has 5 nitrogen and oxygen atoms in total. The third-order valence-corrected chi connectivity index (χ3v) is 8.64. The topological polar surface area (TPSA) is 66.8 Å². The molecule has 0 saturated carbocycles. The van der Waals surface area contributed by atoms with E-state index in [-0.39, 0.29) is 4.90 Å². The van der Waals surface area contributed by atoms with Gasteiger partial charge in [-0.15, -0.1) is 0 Å². The van der Waals surface area contributed by atoms with E-state index in [0.717, 1.165) is 11.1 Å². The summed E-state index contributed by atoms with van der Waals surface area (Å²) in [5, 5.41) is 0. The highest BCUT2D eigenvalue weighted by molar-refractivity contribution is 8.04. The minimum atomic E-state index is -4.14. The average Bonchev–Trinajstić information content (AvgIpc) is 2.68. The van der Waals surface area contributed by atoms with E-state index in [2.05, 4.69) is 3.77 Å². The summed E-state index contributed by atoms with van der Waals surface area (Å²) in [5.41, 5.74) is 2.52. The van der Waals surface area contributed by atoms with E-state index < -0.39 is 19.9 Å². The molecule has 0 heterocycles. The van der Waals surface area contributed by atoms with Gasteiger partial charge in [0.1, 0.15) is 0 Å². The van der Waals surface area contributed by atoms with E-state index in [9.17, 15) is 12.6 Å². The second kappa shape index (κ2) is 7.77. The highest BCUT2D eigenvalue weighted by Gasteiger charge is 2.25. The van der Waals surface area contributed by atoms with Gasteiger partial charge in [-0.2, -0.15) is 8.42 Å². The van der Waals surface area contributed by atoms with Gasteiger partial charge in [0.25, 0.3) is 10.0 Å². The van der Waals surface area contributed by atoms with Crippen LogP contribution in [0.4, 0.5) is 5.69 Å². The molecule has 0 saturated heterocycles. The van der Waals surface area contributed by atoms with Crippen LogP contribution in [-0.4, -0.2) is 19.7 Å². The number of sulfonamides is 1. The molecule has 28 heavy (non-hydrogen) atoms. The Labute approximate surface area is 167 Å². The van der Waals surface area contributed by atoms with E-state index in [4.69, 9.17) is 0 Å². The van der Waals surface area contributed by atoms with Gasteiger partial charge in [0.15, 0.2) is 9.92 Å². The van der Waals surface area contributed by atoms with Crippen LogP contribution in [0.2, 0.25) is 0 Å². The fourth-order valence-corrected chi connectivity index (χ4v) is 6.48. The Morgan fingerprint density at radius 3 is 1.64 bits per heavy atom. The molecular formula is C21H22N2O3S2. The van der Waals surface area contributed by atoms with Gasteiger partial charge >= 0.3 is 0 Å². The summed E-state index contributed by atoms with van der Waals surface area (Å²) in [4.78, 5) is 0.347. The van der Waals surface area contributed by atoms with Crippen LogP contribution in [0, 0.1) is 13.8 Å². The minimum absolute atomic E-state index is 0.0133. The number of para-hydroxylation sites is 1. The second-order valence-electron chi connectivity index (χ2n) is 6.51. The highest BCUT2D eigenvalue weighted by atomic mass is 32.3. The van der Waals surface area contributed by atoms with Gasteiger partial charge in [-0.3, -0.25) is 4.31 Å². The Kier molecular flexibility index (Phi) is 5.58. The molecule has 0 amide bonds. The summed E-state index contributed by atoms with van der Waals surface area (Å²) in [6.45, 7) is 3.78. The summed E-state index contributed by atoms with van der Waals surface area (Å²) in [5.74, 6) is 0. The van der Waals surface area contributed by atoms with Crippen molar-refractivity contribution in [1.82, 2.24) is 0 Å². The van der Waals surface area contributed by atoms with E-state index in [1.54, 1.807) is 67.7 Å². The zero-order valence-electron chi connectivity index (χ0n) is 15.9. The maximum absolute atomic E-state index is 14.0. The molecule has 0 aromatic heterocycles. The molecule has 7 heteroatoms. The van der Waals surface area contributed by atoms with Gasteiger partial charge in [-0.25, -0.2) is 4.21 Å². The second-order valence-corrected chi connectivity index (χ2v) is 10.5. The predicted molar refractivity (Wildman–Crippen MR) is 113 cm³/mol. The first-order valence-corrected chi connectivity index (χ1v) is 11.6. The van der Waals surface area contributed by atoms with Crippen LogP contribution in [0.5, 0.6) is 0 Å². The van der Waals surface area contributed by atoms with Crippen LogP contribution in [0.1, 0.15) is 11.1 Å². The van der Waals surface area contributed by atoms with Crippen molar-refractivity contribution < 1.29 is 12.6 Å². The molecule has 0 bridgehead atoms. The molecule has 146 valence electrons. The van der Waals surface area contributed by atoms with Crippen molar-refractivity contribution in [3.05, 3.63) is 90.0 Å². The summed E-state index contributed by atoms with van der Waals surface area (Å²) >= 11 is 0. The lowest BCUT2D eigenvalue weighted by Crippen LogP contribution is -2.27. The molecule has 0 unspecified atom stereocenters. The van der Waals surface area contributed by atoms with Crippen LogP contribution < -0.4 is 4.31 Å². The van der Waals surface area contributed by atoms with Crippen molar-refractivity contribution in [1.29, 1.82) is 0 Å². The van der Waals surface area contributed by atoms with Crippen molar-refractivity contribution in [3.63, 3.8) is 0 Å². The Morgan fingerprint density at radius 1 is 0.679 bits per heavy atom. The maximum Gasteiger partial charge on any atom is 0.291 e. The predicted octanol–water partition coefficient (Wildman–Crippen LogP) is 4.57. The van der Waals surface area contributed by atoms with Crippen LogP contribution in [-0.2, 0) is 19.9 Å². The molecule has 0 aliphatic heterocycles. The monoisotopic (exact) mass is 414 g/mol. The van der Waals surface area contributed by atoms with E-state index in [1.807, 2.05) is 19.9 Å². The number of benzene rings is 3. The molecule has 0 fully saturated rings. The van der Waals surface area contributed by atoms with Crippen LogP contribution in [0.15, 0.2) is 92.4 Å². The van der Waals surface area contributed by atoms with Crippen molar-refractivity contribution in [2.45, 2.75) is 23.6 Å². The Bertz CT molecular complexity index is 1180. The van der Waals surface area contributed by atoms with Crippen molar-refractivity contribution >= 4 is 25.6 Å². The molecular weight excluding hydrogens is 392 g/mol. The van der Waals surface area contributed by atoms with Crippen molar-refractivity contribution in [2.24, 2.45) is 3.77 Å². The summed E-state index contributed by atoms with van der Waals surface area (Å²) in [6.07, 6.45) is 0. The Balaban J connectivity index is 2.24. The zero-order chi connectivity index (χ0) is 20.4. The van der Waals surface area contributed by atoms with Gasteiger partial charge in [0, 0.05) is 7.05 Å². The third-order valence-electron chi connectivity index (χ3n) is 4.34. The molecule has 0 radical (unpaired) electrons. The fraction of sp³-hybridized carbons (Fsp3) is 0.143. The molecule has 0 aliphatic rings. The summed E-state index contributed by atoms with van der Waals surface area (Å²) in [7, 11) is -6.01. The molecule has 0 spiro atoms. The maximum atomic E-state index is 14.0. The average molecular weight is 415 g/mol. The van der Waals surface area contributed by atoms with Gasteiger partial charge in [-0.05, 0) is 50.2 Å². The number of aryl methyl sites for hydroxylation is 2. The van der Waals surface area contributed by atoms with Gasteiger partial charge < -0.3 is 0 Å². The Morgan fingerprint density at radius 2 is 1.14 bits per heavy atom. The first-order valence-electron chi connectivity index (χ1n) is 8.68. The van der Waals surface area contributed by atoms with Gasteiger partial charge in [0.2, 0.25) is 0 Å². The van der Waals surface area contributed by atoms with Crippen molar-refractivity contribution in [3.8, 4) is 0 Å². The summed E-state index contributed by atoms with van der Waals surface area (Å²) in [6, 6.07) is 22.2. The SMILES string of the molecule is Cc1ccc(S(=O)(=O)N=[S@@](=O)(c2ccc(C)cc2)N(C)c2ccccc2)cc1. The zero-order valence-corrected chi connectivity index (χ0v) is 17.6. The molecule has 3 aromatic carbocycles. The van der Waals surface area contributed by atoms with Crippen LogP contribution in [0.3, 0.4) is 0 Å². The lowest BCUT2D eigenvalue weighted by molar-refractivity contribution is 0.598. The number of rotatable bonds is 5.